The number of aromatic nitrogens is 2. The van der Waals surface area contributed by atoms with Crippen molar-refractivity contribution in [1.82, 2.24) is 9.97 Å². The van der Waals surface area contributed by atoms with Crippen molar-refractivity contribution in [3.63, 3.8) is 0 Å². The Morgan fingerprint density at radius 2 is 1.12 bits per heavy atom. The van der Waals surface area contributed by atoms with Gasteiger partial charge in [-0.3, -0.25) is 0 Å². The Kier molecular flexibility index (Phi) is 5.51. The summed E-state index contributed by atoms with van der Waals surface area (Å²) < 4.78 is 2.61. The van der Waals surface area contributed by atoms with Crippen LogP contribution in [-0.2, 0) is 12.8 Å². The van der Waals surface area contributed by atoms with E-state index in [4.69, 9.17) is 9.97 Å². The molecule has 4 heteroatoms. The van der Waals surface area contributed by atoms with Gasteiger partial charge in [0.15, 0.2) is 0 Å². The summed E-state index contributed by atoms with van der Waals surface area (Å²) in [5.41, 5.74) is 2.34. The van der Waals surface area contributed by atoms with E-state index in [1.54, 1.807) is 0 Å². The molecule has 0 fully saturated rings. The van der Waals surface area contributed by atoms with Gasteiger partial charge in [-0.2, -0.15) is 0 Å². The van der Waals surface area contributed by atoms with Gasteiger partial charge in [0.05, 0.1) is 30.4 Å². The highest BCUT2D eigenvalue weighted by Gasteiger charge is 2.12. The molecule has 26 heavy (non-hydrogen) atoms. The van der Waals surface area contributed by atoms with Crippen LogP contribution in [0.2, 0.25) is 0 Å². The van der Waals surface area contributed by atoms with Gasteiger partial charge in [0.1, 0.15) is 0 Å². The Hall–Kier alpha value is -1.52. The molecule has 0 unspecified atom stereocenters. The molecule has 0 spiro atoms. The van der Waals surface area contributed by atoms with Crippen LogP contribution in [0.15, 0.2) is 24.3 Å². The Morgan fingerprint density at radius 1 is 0.654 bits per heavy atom. The number of aryl methyl sites for hydroxylation is 2. The van der Waals surface area contributed by atoms with Crippen LogP contribution < -0.4 is 0 Å². The highest BCUT2D eigenvalue weighted by atomic mass is 32.1. The van der Waals surface area contributed by atoms with Crippen molar-refractivity contribution < 1.29 is 0 Å². The average Bonchev–Trinajstić information content (AvgIpc) is 3.25. The lowest BCUT2D eigenvalue weighted by molar-refractivity contribution is 0.715. The molecule has 0 N–H and O–H groups in total. The van der Waals surface area contributed by atoms with Crippen molar-refractivity contribution in [1.29, 1.82) is 0 Å². The number of fused-ring (bicyclic) bond motifs is 5. The fourth-order valence-corrected chi connectivity index (χ4v) is 5.60. The van der Waals surface area contributed by atoms with Gasteiger partial charge in [0, 0.05) is 10.8 Å². The predicted molar refractivity (Wildman–Crippen MR) is 117 cm³/mol. The first-order valence-electron chi connectivity index (χ1n) is 9.90. The largest absolute Gasteiger partial charge is 0.241 e. The van der Waals surface area contributed by atoms with E-state index in [1.165, 1.54) is 79.7 Å². The predicted octanol–water partition coefficient (Wildman–Crippen LogP) is 7.52. The van der Waals surface area contributed by atoms with Crippen LogP contribution in [0.3, 0.4) is 0 Å². The van der Waals surface area contributed by atoms with E-state index >= 15 is 0 Å². The van der Waals surface area contributed by atoms with Gasteiger partial charge in [-0.15, -0.1) is 22.7 Å². The zero-order valence-electron chi connectivity index (χ0n) is 15.7. The number of unbranched alkanes of at least 4 members (excludes halogenated alkanes) is 4. The summed E-state index contributed by atoms with van der Waals surface area (Å²) in [6.45, 7) is 4.50. The molecule has 0 amide bonds. The van der Waals surface area contributed by atoms with E-state index < -0.39 is 0 Å². The SMILES string of the molecule is CCCCCc1nc2c(ccc3c2ccc2sc(CCCCC)nc23)s1. The van der Waals surface area contributed by atoms with E-state index in [9.17, 15) is 0 Å². The molecule has 0 saturated heterocycles. The average molecular weight is 383 g/mol. The topological polar surface area (TPSA) is 25.8 Å². The van der Waals surface area contributed by atoms with Gasteiger partial charge in [0.25, 0.3) is 0 Å². The highest BCUT2D eigenvalue weighted by molar-refractivity contribution is 7.19. The summed E-state index contributed by atoms with van der Waals surface area (Å²) >= 11 is 3.72. The van der Waals surface area contributed by atoms with Gasteiger partial charge in [-0.05, 0) is 37.8 Å². The molecular formula is C22H26N2S2. The second-order valence-corrected chi connectivity index (χ2v) is 9.28. The fourth-order valence-electron chi connectivity index (χ4n) is 3.54. The van der Waals surface area contributed by atoms with Crippen molar-refractivity contribution >= 4 is 53.9 Å². The number of rotatable bonds is 8. The van der Waals surface area contributed by atoms with Gasteiger partial charge in [0.2, 0.25) is 0 Å². The molecule has 0 aliphatic carbocycles. The molecule has 2 aromatic heterocycles. The van der Waals surface area contributed by atoms with E-state index in [-0.39, 0.29) is 0 Å². The van der Waals surface area contributed by atoms with Crippen LogP contribution in [-0.4, -0.2) is 9.97 Å². The fraction of sp³-hybridized carbons (Fsp3) is 0.455. The number of hydrogen-bond acceptors (Lipinski definition) is 4. The third kappa shape index (κ3) is 3.49. The van der Waals surface area contributed by atoms with Crippen molar-refractivity contribution in [3.8, 4) is 0 Å². The lowest BCUT2D eigenvalue weighted by Gasteiger charge is -1.99. The second-order valence-electron chi connectivity index (χ2n) is 7.05. The zero-order chi connectivity index (χ0) is 17.9. The van der Waals surface area contributed by atoms with Crippen LogP contribution in [0, 0.1) is 0 Å². The maximum absolute atomic E-state index is 4.98. The van der Waals surface area contributed by atoms with Crippen molar-refractivity contribution in [2.24, 2.45) is 0 Å². The van der Waals surface area contributed by atoms with E-state index in [0.29, 0.717) is 0 Å². The lowest BCUT2D eigenvalue weighted by atomic mass is 10.1. The Labute approximate surface area is 163 Å². The minimum atomic E-state index is 1.11. The molecule has 0 bridgehead atoms. The van der Waals surface area contributed by atoms with Crippen molar-refractivity contribution in [3.05, 3.63) is 34.3 Å². The Balaban J connectivity index is 1.72. The molecule has 0 saturated carbocycles. The van der Waals surface area contributed by atoms with Crippen molar-refractivity contribution in [2.45, 2.75) is 65.2 Å². The van der Waals surface area contributed by atoms with E-state index in [1.807, 2.05) is 22.7 Å². The summed E-state index contributed by atoms with van der Waals surface area (Å²) in [6, 6.07) is 9.00. The molecule has 4 aromatic rings. The maximum Gasteiger partial charge on any atom is 0.0938 e. The minimum absolute atomic E-state index is 1.11. The molecule has 0 atom stereocenters. The third-order valence-corrected chi connectivity index (χ3v) is 7.15. The van der Waals surface area contributed by atoms with E-state index in [0.717, 1.165) is 12.8 Å². The first-order valence-corrected chi connectivity index (χ1v) is 11.5. The van der Waals surface area contributed by atoms with Gasteiger partial charge < -0.3 is 0 Å². The number of nitrogens with zero attached hydrogens (tertiary/aromatic N) is 2. The molecule has 136 valence electrons. The first kappa shape index (κ1) is 17.9. The van der Waals surface area contributed by atoms with Gasteiger partial charge in [-0.1, -0.05) is 51.7 Å². The normalized spacial score (nSPS) is 11.9. The molecule has 2 nitrogen and oxygen atoms in total. The molecule has 2 heterocycles. The van der Waals surface area contributed by atoms with Crippen LogP contribution in [0.1, 0.15) is 62.4 Å². The maximum atomic E-state index is 4.98. The summed E-state index contributed by atoms with van der Waals surface area (Å²) in [5, 5.41) is 5.08. The summed E-state index contributed by atoms with van der Waals surface area (Å²) in [7, 11) is 0. The summed E-state index contributed by atoms with van der Waals surface area (Å²) in [4.78, 5) is 9.96. The first-order chi connectivity index (χ1) is 12.8. The molecule has 0 aliphatic heterocycles. The van der Waals surface area contributed by atoms with Crippen LogP contribution in [0.25, 0.3) is 31.2 Å². The number of thiazole rings is 2. The Bertz CT molecular complexity index is 945. The standard InChI is InChI=1S/C22H26N2S2/c1-3-5-7-9-19-23-21-15-12-14-18-22(16(15)11-13-17(21)25-19)24-20(26-18)10-8-6-4-2/h11-14H,3-10H2,1-2H3. The van der Waals surface area contributed by atoms with Crippen LogP contribution in [0.4, 0.5) is 0 Å². The minimum Gasteiger partial charge on any atom is -0.241 e. The summed E-state index contributed by atoms with van der Waals surface area (Å²) in [6.07, 6.45) is 9.79. The third-order valence-electron chi connectivity index (χ3n) is 4.99. The quantitative estimate of drug-likeness (QED) is 0.294. The zero-order valence-corrected chi connectivity index (χ0v) is 17.3. The molecular weight excluding hydrogens is 356 g/mol. The molecule has 2 aromatic carbocycles. The molecule has 4 rings (SSSR count). The monoisotopic (exact) mass is 382 g/mol. The van der Waals surface area contributed by atoms with Crippen LogP contribution in [0.5, 0.6) is 0 Å². The lowest BCUT2D eigenvalue weighted by Crippen LogP contribution is -1.84. The van der Waals surface area contributed by atoms with Gasteiger partial charge >= 0.3 is 0 Å². The van der Waals surface area contributed by atoms with E-state index in [2.05, 4.69) is 38.1 Å². The summed E-state index contributed by atoms with van der Waals surface area (Å²) in [5.74, 6) is 0. The van der Waals surface area contributed by atoms with Crippen LogP contribution >= 0.6 is 22.7 Å². The highest BCUT2D eigenvalue weighted by Crippen LogP contribution is 2.35. The smallest absolute Gasteiger partial charge is 0.0938 e. The van der Waals surface area contributed by atoms with Crippen molar-refractivity contribution in [2.75, 3.05) is 0 Å². The number of benzene rings is 2. The molecule has 0 aliphatic rings. The Morgan fingerprint density at radius 3 is 1.54 bits per heavy atom. The molecule has 0 radical (unpaired) electrons. The second kappa shape index (κ2) is 8.01. The van der Waals surface area contributed by atoms with Gasteiger partial charge in [-0.25, -0.2) is 9.97 Å². The number of hydrogen-bond donors (Lipinski definition) is 0.